The quantitative estimate of drug-likeness (QED) is 0.745. The van der Waals surface area contributed by atoms with Gasteiger partial charge in [-0.1, -0.05) is 6.42 Å². The number of nitrogens with one attached hydrogen (secondary N) is 1. The topological polar surface area (TPSA) is 105 Å². The van der Waals surface area contributed by atoms with E-state index in [0.29, 0.717) is 18.8 Å². The molecule has 0 bridgehead atoms. The highest BCUT2D eigenvalue weighted by Gasteiger charge is 2.29. The molecule has 1 aliphatic rings. The van der Waals surface area contributed by atoms with E-state index in [9.17, 15) is 18.3 Å². The van der Waals surface area contributed by atoms with Crippen LogP contribution in [-0.2, 0) is 10.0 Å². The Labute approximate surface area is 170 Å². The van der Waals surface area contributed by atoms with Gasteiger partial charge in [0.25, 0.3) is 5.91 Å². The van der Waals surface area contributed by atoms with Gasteiger partial charge >= 0.3 is 0 Å². The fourth-order valence-corrected chi connectivity index (χ4v) is 4.93. The molecule has 2 aromatic rings. The first-order chi connectivity index (χ1) is 13.9. The molecule has 3 rings (SSSR count). The summed E-state index contributed by atoms with van der Waals surface area (Å²) in [5.41, 5.74) is 0.323. The van der Waals surface area contributed by atoms with Crippen molar-refractivity contribution in [1.29, 1.82) is 0 Å². The highest BCUT2D eigenvalue weighted by atomic mass is 32.2. The number of rotatable bonds is 6. The molecule has 1 amide bonds. The minimum absolute atomic E-state index is 0.00125. The van der Waals surface area contributed by atoms with Crippen LogP contribution in [0.5, 0.6) is 17.2 Å². The lowest BCUT2D eigenvalue weighted by molar-refractivity contribution is 0.102. The van der Waals surface area contributed by atoms with E-state index in [2.05, 4.69) is 5.32 Å². The van der Waals surface area contributed by atoms with Crippen LogP contribution >= 0.6 is 0 Å². The van der Waals surface area contributed by atoms with Gasteiger partial charge in [0.15, 0.2) is 0 Å². The van der Waals surface area contributed by atoms with Gasteiger partial charge < -0.3 is 19.9 Å². The molecule has 0 atom stereocenters. The van der Waals surface area contributed by atoms with Gasteiger partial charge in [0.05, 0.1) is 19.8 Å². The molecule has 9 heteroatoms. The van der Waals surface area contributed by atoms with Gasteiger partial charge in [-0.2, -0.15) is 4.31 Å². The van der Waals surface area contributed by atoms with Crippen molar-refractivity contribution in [3.05, 3.63) is 42.0 Å². The van der Waals surface area contributed by atoms with Gasteiger partial charge in [0.2, 0.25) is 10.0 Å². The average Bonchev–Trinajstić information content (AvgIpc) is 2.74. The molecule has 156 valence electrons. The molecular weight excluding hydrogens is 396 g/mol. The maximum Gasteiger partial charge on any atom is 0.259 e. The van der Waals surface area contributed by atoms with Crippen molar-refractivity contribution in [3.63, 3.8) is 0 Å². The Kier molecular flexibility index (Phi) is 6.29. The number of carbonyl (C=O) groups excluding carboxylic acids is 1. The molecule has 0 aliphatic carbocycles. The number of hydrogen-bond acceptors (Lipinski definition) is 6. The molecule has 29 heavy (non-hydrogen) atoms. The summed E-state index contributed by atoms with van der Waals surface area (Å²) in [4.78, 5) is 12.5. The zero-order valence-electron chi connectivity index (χ0n) is 16.3. The molecule has 1 aliphatic heterocycles. The second kappa shape index (κ2) is 8.71. The number of methoxy groups -OCH3 is 2. The zero-order chi connectivity index (χ0) is 21.0. The third-order valence-corrected chi connectivity index (χ3v) is 6.72. The van der Waals surface area contributed by atoms with Crippen molar-refractivity contribution in [2.24, 2.45) is 0 Å². The number of nitrogens with zero attached hydrogens (tertiary/aromatic N) is 1. The number of anilines is 1. The van der Waals surface area contributed by atoms with Gasteiger partial charge in [-0.25, -0.2) is 8.42 Å². The van der Waals surface area contributed by atoms with E-state index in [1.165, 1.54) is 42.8 Å². The number of amides is 1. The van der Waals surface area contributed by atoms with E-state index in [-0.39, 0.29) is 27.6 Å². The molecule has 1 saturated heterocycles. The Morgan fingerprint density at radius 3 is 2.38 bits per heavy atom. The number of hydrogen-bond donors (Lipinski definition) is 2. The largest absolute Gasteiger partial charge is 0.507 e. The molecule has 8 nitrogen and oxygen atoms in total. The molecule has 1 heterocycles. The number of phenols is 1. The predicted octanol–water partition coefficient (Wildman–Crippen LogP) is 2.84. The lowest BCUT2D eigenvalue weighted by Gasteiger charge is -2.26. The second-order valence-electron chi connectivity index (χ2n) is 6.67. The maximum absolute atomic E-state index is 13.1. The average molecular weight is 420 g/mol. The maximum atomic E-state index is 13.1. The molecular formula is C20H24N2O6S. The van der Waals surface area contributed by atoms with Crippen LogP contribution in [0.15, 0.2) is 41.3 Å². The standard InChI is InChI=1S/C20H24N2O6S/c1-27-15-7-8-16(17(23)13-15)20(24)21-14-6-9-18(28-2)19(12-14)29(25,26)22-10-4-3-5-11-22/h6-9,12-13,23H,3-5,10-11H2,1-2H3,(H,21,24). The Bertz CT molecular complexity index is 1000. The number of piperidine rings is 1. The van der Waals surface area contributed by atoms with E-state index in [1.54, 1.807) is 12.1 Å². The zero-order valence-corrected chi connectivity index (χ0v) is 17.2. The van der Waals surface area contributed by atoms with Gasteiger partial charge in [-0.05, 0) is 43.2 Å². The van der Waals surface area contributed by atoms with Crippen LogP contribution < -0.4 is 14.8 Å². The highest BCUT2D eigenvalue weighted by molar-refractivity contribution is 7.89. The smallest absolute Gasteiger partial charge is 0.259 e. The van der Waals surface area contributed by atoms with Gasteiger partial charge in [-0.3, -0.25) is 4.79 Å². The van der Waals surface area contributed by atoms with E-state index < -0.39 is 15.9 Å². The van der Waals surface area contributed by atoms with Gasteiger partial charge in [-0.15, -0.1) is 0 Å². The van der Waals surface area contributed by atoms with Crippen LogP contribution in [-0.4, -0.2) is 51.0 Å². The fraction of sp³-hybridized carbons (Fsp3) is 0.350. The van der Waals surface area contributed by atoms with E-state index in [0.717, 1.165) is 19.3 Å². The first-order valence-electron chi connectivity index (χ1n) is 9.23. The Morgan fingerprint density at radius 2 is 1.76 bits per heavy atom. The monoisotopic (exact) mass is 420 g/mol. The molecule has 2 N–H and O–H groups in total. The third-order valence-electron chi connectivity index (χ3n) is 4.80. The summed E-state index contributed by atoms with van der Waals surface area (Å²) in [6, 6.07) is 8.73. The number of sulfonamides is 1. The number of aromatic hydroxyl groups is 1. The Hall–Kier alpha value is -2.78. The molecule has 1 fully saturated rings. The molecule has 0 spiro atoms. The summed E-state index contributed by atoms with van der Waals surface area (Å²) in [5, 5.41) is 12.7. The van der Waals surface area contributed by atoms with E-state index >= 15 is 0 Å². The minimum Gasteiger partial charge on any atom is -0.507 e. The summed E-state index contributed by atoms with van der Waals surface area (Å²) in [6.07, 6.45) is 2.63. The van der Waals surface area contributed by atoms with Crippen LogP contribution in [0.2, 0.25) is 0 Å². The number of carbonyl (C=O) groups is 1. The Balaban J connectivity index is 1.89. The third kappa shape index (κ3) is 4.46. The lowest BCUT2D eigenvalue weighted by Crippen LogP contribution is -2.35. The van der Waals surface area contributed by atoms with Crippen molar-refractivity contribution in [2.45, 2.75) is 24.2 Å². The van der Waals surface area contributed by atoms with Crippen LogP contribution in [0.25, 0.3) is 0 Å². The molecule has 0 radical (unpaired) electrons. The summed E-state index contributed by atoms with van der Waals surface area (Å²) >= 11 is 0. The Morgan fingerprint density at radius 1 is 1.03 bits per heavy atom. The highest BCUT2D eigenvalue weighted by Crippen LogP contribution is 2.32. The van der Waals surface area contributed by atoms with E-state index in [1.807, 2.05) is 0 Å². The summed E-state index contributed by atoms with van der Waals surface area (Å²) in [6.45, 7) is 0.920. The summed E-state index contributed by atoms with van der Waals surface area (Å²) in [7, 11) is -0.898. The molecule has 0 saturated carbocycles. The SMILES string of the molecule is COc1ccc(C(=O)Nc2ccc(OC)c(S(=O)(=O)N3CCCCC3)c2)c(O)c1. The van der Waals surface area contributed by atoms with Crippen molar-refractivity contribution < 1.29 is 27.8 Å². The second-order valence-corrected chi connectivity index (χ2v) is 8.57. The van der Waals surface area contributed by atoms with Crippen LogP contribution in [0.3, 0.4) is 0 Å². The van der Waals surface area contributed by atoms with Crippen LogP contribution in [0.1, 0.15) is 29.6 Å². The van der Waals surface area contributed by atoms with Crippen LogP contribution in [0.4, 0.5) is 5.69 Å². The first-order valence-corrected chi connectivity index (χ1v) is 10.7. The van der Waals surface area contributed by atoms with Crippen molar-refractivity contribution >= 4 is 21.6 Å². The lowest BCUT2D eigenvalue weighted by atomic mass is 10.1. The van der Waals surface area contributed by atoms with Crippen molar-refractivity contribution in [1.82, 2.24) is 4.31 Å². The minimum atomic E-state index is -3.75. The summed E-state index contributed by atoms with van der Waals surface area (Å²) in [5.74, 6) is -0.188. The molecule has 0 unspecified atom stereocenters. The van der Waals surface area contributed by atoms with Gasteiger partial charge in [0, 0.05) is 24.8 Å². The van der Waals surface area contributed by atoms with E-state index in [4.69, 9.17) is 9.47 Å². The first kappa shape index (κ1) is 20.9. The normalized spacial score (nSPS) is 15.0. The molecule has 2 aromatic carbocycles. The van der Waals surface area contributed by atoms with Gasteiger partial charge in [0.1, 0.15) is 22.1 Å². The summed E-state index contributed by atoms with van der Waals surface area (Å²) < 4.78 is 37.8. The number of phenolic OH excluding ortho intramolecular Hbond substituents is 1. The number of ether oxygens (including phenoxy) is 2. The number of benzene rings is 2. The van der Waals surface area contributed by atoms with Crippen LogP contribution in [0, 0.1) is 0 Å². The molecule has 0 aromatic heterocycles. The van der Waals surface area contributed by atoms with Crippen molar-refractivity contribution in [2.75, 3.05) is 32.6 Å². The van der Waals surface area contributed by atoms with Crippen molar-refractivity contribution in [3.8, 4) is 17.2 Å². The predicted molar refractivity (Wildman–Crippen MR) is 108 cm³/mol. The fourth-order valence-electron chi connectivity index (χ4n) is 3.23.